The van der Waals surface area contributed by atoms with Crippen LogP contribution in [-0.2, 0) is 14.3 Å². The Bertz CT molecular complexity index is 284. The lowest BCUT2D eigenvalue weighted by molar-refractivity contribution is -0.140. The van der Waals surface area contributed by atoms with Gasteiger partial charge in [-0.15, -0.1) is 0 Å². The van der Waals surface area contributed by atoms with Crippen molar-refractivity contribution in [2.45, 2.75) is 52.1 Å². The molecule has 106 valence electrons. The average Bonchev–Trinajstić information content (AvgIpc) is 2.25. The second-order valence-electron chi connectivity index (χ2n) is 5.58. The Morgan fingerprint density at radius 3 is 2.33 bits per heavy atom. The van der Waals surface area contributed by atoms with E-state index in [4.69, 9.17) is 0 Å². The molecule has 0 aliphatic heterocycles. The monoisotopic (exact) mass is 258 g/mol. The first kappa shape index (κ1) is 16.9. The van der Waals surface area contributed by atoms with Crippen molar-refractivity contribution in [2.75, 3.05) is 20.7 Å². The summed E-state index contributed by atoms with van der Waals surface area (Å²) in [5, 5.41) is 2.94. The van der Waals surface area contributed by atoms with E-state index in [2.05, 4.69) is 10.1 Å². The van der Waals surface area contributed by atoms with Crippen LogP contribution in [0.3, 0.4) is 0 Å². The molecule has 5 heteroatoms. The van der Waals surface area contributed by atoms with Gasteiger partial charge in [0, 0.05) is 12.0 Å². The lowest BCUT2D eigenvalue weighted by atomic mass is 10.1. The van der Waals surface area contributed by atoms with Gasteiger partial charge in [-0.05, 0) is 47.7 Å². The van der Waals surface area contributed by atoms with Crippen molar-refractivity contribution < 1.29 is 14.3 Å². The number of amides is 1. The zero-order valence-corrected chi connectivity index (χ0v) is 12.4. The molecule has 0 rings (SSSR count). The number of likely N-dealkylation sites (N-methyl/N-ethyl adjacent to an activating group) is 1. The highest BCUT2D eigenvalue weighted by Gasteiger charge is 2.22. The molecule has 0 aliphatic rings. The van der Waals surface area contributed by atoms with E-state index in [9.17, 15) is 9.59 Å². The summed E-state index contributed by atoms with van der Waals surface area (Å²) in [6.45, 7) is 8.41. The highest BCUT2D eigenvalue weighted by Crippen LogP contribution is 2.04. The number of rotatable bonds is 6. The SMILES string of the molecule is COC(=O)CCCN(C)C(C)C(=O)NC(C)(C)C. The van der Waals surface area contributed by atoms with E-state index in [-0.39, 0.29) is 23.5 Å². The first-order valence-corrected chi connectivity index (χ1v) is 6.26. The topological polar surface area (TPSA) is 58.6 Å². The van der Waals surface area contributed by atoms with Gasteiger partial charge in [-0.1, -0.05) is 0 Å². The number of carbonyl (C=O) groups excluding carboxylic acids is 2. The molecule has 5 nitrogen and oxygen atoms in total. The van der Waals surface area contributed by atoms with Crippen molar-refractivity contribution in [3.63, 3.8) is 0 Å². The van der Waals surface area contributed by atoms with Crippen molar-refractivity contribution in [2.24, 2.45) is 0 Å². The van der Waals surface area contributed by atoms with Gasteiger partial charge < -0.3 is 10.1 Å². The molecule has 0 saturated carbocycles. The summed E-state index contributed by atoms with van der Waals surface area (Å²) in [5.74, 6) is -0.210. The molecule has 1 amide bonds. The number of hydrogen-bond donors (Lipinski definition) is 1. The maximum absolute atomic E-state index is 11.9. The van der Waals surface area contributed by atoms with E-state index in [0.29, 0.717) is 19.4 Å². The second kappa shape index (κ2) is 7.36. The van der Waals surface area contributed by atoms with Crippen molar-refractivity contribution in [1.82, 2.24) is 10.2 Å². The van der Waals surface area contributed by atoms with Crippen molar-refractivity contribution >= 4 is 11.9 Å². The molecule has 0 radical (unpaired) electrons. The molecule has 0 heterocycles. The molecular weight excluding hydrogens is 232 g/mol. The second-order valence-corrected chi connectivity index (χ2v) is 5.58. The molecule has 1 atom stereocenters. The molecule has 0 aromatic carbocycles. The van der Waals surface area contributed by atoms with Crippen LogP contribution in [0.1, 0.15) is 40.5 Å². The number of ether oxygens (including phenoxy) is 1. The van der Waals surface area contributed by atoms with Crippen LogP contribution in [-0.4, -0.2) is 49.1 Å². The lowest BCUT2D eigenvalue weighted by Crippen LogP contribution is -2.50. The third-order valence-corrected chi connectivity index (χ3v) is 2.66. The van der Waals surface area contributed by atoms with Crippen LogP contribution in [0.15, 0.2) is 0 Å². The zero-order valence-electron chi connectivity index (χ0n) is 12.4. The fraction of sp³-hybridized carbons (Fsp3) is 0.846. The van der Waals surface area contributed by atoms with Gasteiger partial charge in [0.1, 0.15) is 0 Å². The van der Waals surface area contributed by atoms with Gasteiger partial charge in [0.15, 0.2) is 0 Å². The average molecular weight is 258 g/mol. The Labute approximate surface area is 110 Å². The van der Waals surface area contributed by atoms with Crippen LogP contribution < -0.4 is 5.32 Å². The van der Waals surface area contributed by atoms with Gasteiger partial charge in [-0.3, -0.25) is 14.5 Å². The van der Waals surface area contributed by atoms with Crippen molar-refractivity contribution in [3.05, 3.63) is 0 Å². The number of hydrogen-bond acceptors (Lipinski definition) is 4. The van der Waals surface area contributed by atoms with Crippen LogP contribution in [0.5, 0.6) is 0 Å². The lowest BCUT2D eigenvalue weighted by Gasteiger charge is -2.28. The molecule has 0 aromatic heterocycles. The summed E-state index contributed by atoms with van der Waals surface area (Å²) in [5.41, 5.74) is -0.224. The molecule has 0 fully saturated rings. The van der Waals surface area contributed by atoms with E-state index < -0.39 is 0 Å². The molecule has 0 saturated heterocycles. The van der Waals surface area contributed by atoms with E-state index in [1.165, 1.54) is 7.11 Å². The Morgan fingerprint density at radius 1 is 1.33 bits per heavy atom. The third-order valence-electron chi connectivity index (χ3n) is 2.66. The fourth-order valence-corrected chi connectivity index (χ4v) is 1.44. The van der Waals surface area contributed by atoms with Gasteiger partial charge in [0.2, 0.25) is 5.91 Å². The molecule has 18 heavy (non-hydrogen) atoms. The van der Waals surface area contributed by atoms with E-state index in [0.717, 1.165) is 0 Å². The zero-order chi connectivity index (χ0) is 14.3. The largest absolute Gasteiger partial charge is 0.469 e. The number of methoxy groups -OCH3 is 1. The Kier molecular flexibility index (Phi) is 6.91. The Hall–Kier alpha value is -1.10. The molecule has 1 N–H and O–H groups in total. The fourth-order valence-electron chi connectivity index (χ4n) is 1.44. The molecule has 0 spiro atoms. The summed E-state index contributed by atoms with van der Waals surface area (Å²) in [7, 11) is 3.26. The minimum Gasteiger partial charge on any atom is -0.469 e. The summed E-state index contributed by atoms with van der Waals surface area (Å²) >= 11 is 0. The molecule has 1 unspecified atom stereocenters. The van der Waals surface area contributed by atoms with Gasteiger partial charge in [0.25, 0.3) is 0 Å². The highest BCUT2D eigenvalue weighted by molar-refractivity contribution is 5.81. The van der Waals surface area contributed by atoms with Gasteiger partial charge in [-0.2, -0.15) is 0 Å². The summed E-state index contributed by atoms with van der Waals surface area (Å²) < 4.78 is 4.57. The predicted molar refractivity (Wildman–Crippen MR) is 71.2 cm³/mol. The first-order chi connectivity index (χ1) is 8.17. The molecule has 0 bridgehead atoms. The van der Waals surface area contributed by atoms with Crippen LogP contribution in [0.25, 0.3) is 0 Å². The van der Waals surface area contributed by atoms with Crippen molar-refractivity contribution in [3.8, 4) is 0 Å². The smallest absolute Gasteiger partial charge is 0.305 e. The van der Waals surface area contributed by atoms with Gasteiger partial charge in [-0.25, -0.2) is 0 Å². The quantitative estimate of drug-likeness (QED) is 0.727. The van der Waals surface area contributed by atoms with E-state index >= 15 is 0 Å². The van der Waals surface area contributed by atoms with Crippen LogP contribution in [0.2, 0.25) is 0 Å². The normalized spacial score (nSPS) is 13.3. The minimum absolute atomic E-state index is 0.00284. The number of nitrogens with zero attached hydrogens (tertiary/aromatic N) is 1. The maximum atomic E-state index is 11.9. The van der Waals surface area contributed by atoms with Gasteiger partial charge in [0.05, 0.1) is 13.2 Å². The van der Waals surface area contributed by atoms with Crippen LogP contribution in [0.4, 0.5) is 0 Å². The van der Waals surface area contributed by atoms with Gasteiger partial charge >= 0.3 is 5.97 Å². The Morgan fingerprint density at radius 2 is 1.89 bits per heavy atom. The number of esters is 1. The standard InChI is InChI=1S/C13H26N2O3/c1-10(12(17)14-13(2,3)4)15(5)9-7-8-11(16)18-6/h10H,7-9H2,1-6H3,(H,14,17). The molecule has 0 aliphatic carbocycles. The number of carbonyl (C=O) groups is 2. The predicted octanol–water partition coefficient (Wildman–Crippen LogP) is 1.17. The summed E-state index contributed by atoms with van der Waals surface area (Å²) in [6, 6.07) is -0.207. The highest BCUT2D eigenvalue weighted by atomic mass is 16.5. The minimum atomic E-state index is -0.224. The van der Waals surface area contributed by atoms with Crippen LogP contribution in [0, 0.1) is 0 Å². The maximum Gasteiger partial charge on any atom is 0.305 e. The third kappa shape index (κ3) is 7.27. The molecule has 0 aromatic rings. The summed E-state index contributed by atoms with van der Waals surface area (Å²) in [4.78, 5) is 24.8. The van der Waals surface area contributed by atoms with E-state index in [1.54, 1.807) is 0 Å². The van der Waals surface area contributed by atoms with E-state index in [1.807, 2.05) is 39.6 Å². The number of nitrogens with one attached hydrogen (secondary N) is 1. The molecular formula is C13H26N2O3. The summed E-state index contributed by atoms with van der Waals surface area (Å²) in [6.07, 6.45) is 1.07. The first-order valence-electron chi connectivity index (χ1n) is 6.26. The Balaban J connectivity index is 4.06. The van der Waals surface area contributed by atoms with Crippen molar-refractivity contribution in [1.29, 1.82) is 0 Å². The van der Waals surface area contributed by atoms with Crippen LogP contribution >= 0.6 is 0 Å².